The summed E-state index contributed by atoms with van der Waals surface area (Å²) < 4.78 is 0. The number of rotatable bonds is 6. The average Bonchev–Trinajstić information content (AvgIpc) is 2.62. The summed E-state index contributed by atoms with van der Waals surface area (Å²) in [7, 11) is 0. The van der Waals surface area contributed by atoms with Crippen molar-refractivity contribution in [1.82, 2.24) is 5.32 Å². The quantitative estimate of drug-likeness (QED) is 0.794. The minimum atomic E-state index is 0.347. The lowest BCUT2D eigenvalue weighted by atomic mass is 9.88. The summed E-state index contributed by atoms with van der Waals surface area (Å²) in [6.45, 7) is 12.4. The third kappa shape index (κ3) is 4.67. The van der Waals surface area contributed by atoms with Gasteiger partial charge in [-0.2, -0.15) is 0 Å². The molecule has 1 aromatic rings. The molecule has 16 heavy (non-hydrogen) atoms. The molecule has 0 spiro atoms. The second-order valence-corrected chi connectivity index (χ2v) is 6.85. The van der Waals surface area contributed by atoms with Gasteiger partial charge >= 0.3 is 0 Å². The van der Waals surface area contributed by atoms with Gasteiger partial charge in [0.05, 0.1) is 0 Å². The number of aryl methyl sites for hydroxylation is 1. The largest absolute Gasteiger partial charge is 0.314 e. The summed E-state index contributed by atoms with van der Waals surface area (Å²) in [5, 5.41) is 3.53. The standard InChI is InChI=1S/C14H25NS/c1-6-12-7-8-13(16-12)9-14(4,5)10-15-11(2)3/h7-8,11,15H,6,9-10H2,1-5H3. The molecule has 0 aliphatic carbocycles. The first-order valence-corrected chi connectivity index (χ1v) is 7.05. The highest BCUT2D eigenvalue weighted by molar-refractivity contribution is 7.11. The summed E-state index contributed by atoms with van der Waals surface area (Å²) in [5.74, 6) is 0. The molecule has 0 aliphatic rings. The van der Waals surface area contributed by atoms with Crippen molar-refractivity contribution in [3.63, 3.8) is 0 Å². The summed E-state index contributed by atoms with van der Waals surface area (Å²) in [5.41, 5.74) is 0.347. The third-order valence-corrected chi connectivity index (χ3v) is 3.94. The Balaban J connectivity index is 2.50. The molecule has 0 unspecified atom stereocenters. The van der Waals surface area contributed by atoms with Crippen molar-refractivity contribution >= 4 is 11.3 Å². The lowest BCUT2D eigenvalue weighted by molar-refractivity contribution is 0.328. The Bertz CT molecular complexity index is 312. The molecule has 0 bridgehead atoms. The Labute approximate surface area is 104 Å². The number of hydrogen-bond donors (Lipinski definition) is 1. The van der Waals surface area contributed by atoms with Gasteiger partial charge in [-0.05, 0) is 30.4 Å². The van der Waals surface area contributed by atoms with Crippen LogP contribution in [0.4, 0.5) is 0 Å². The van der Waals surface area contributed by atoms with Crippen molar-refractivity contribution in [2.75, 3.05) is 6.54 Å². The van der Waals surface area contributed by atoms with Gasteiger partial charge in [0.15, 0.2) is 0 Å². The van der Waals surface area contributed by atoms with Crippen molar-refractivity contribution in [2.24, 2.45) is 5.41 Å². The smallest absolute Gasteiger partial charge is 0.00539 e. The molecule has 0 atom stereocenters. The van der Waals surface area contributed by atoms with E-state index in [1.54, 1.807) is 0 Å². The normalized spacial score (nSPS) is 12.4. The third-order valence-electron chi connectivity index (χ3n) is 2.71. The van der Waals surface area contributed by atoms with E-state index in [1.165, 1.54) is 16.2 Å². The van der Waals surface area contributed by atoms with Gasteiger partial charge in [-0.3, -0.25) is 0 Å². The molecule has 1 rings (SSSR count). The van der Waals surface area contributed by atoms with Crippen molar-refractivity contribution in [3.8, 4) is 0 Å². The van der Waals surface area contributed by atoms with Crippen molar-refractivity contribution in [3.05, 3.63) is 21.9 Å². The maximum Gasteiger partial charge on any atom is 0.00539 e. The lowest BCUT2D eigenvalue weighted by Gasteiger charge is -2.25. The first-order valence-electron chi connectivity index (χ1n) is 6.24. The molecular weight excluding hydrogens is 214 g/mol. The van der Waals surface area contributed by atoms with E-state index < -0.39 is 0 Å². The van der Waals surface area contributed by atoms with Crippen LogP contribution in [0.5, 0.6) is 0 Å². The van der Waals surface area contributed by atoms with Crippen LogP contribution >= 0.6 is 11.3 Å². The van der Waals surface area contributed by atoms with Gasteiger partial charge in [0.2, 0.25) is 0 Å². The highest BCUT2D eigenvalue weighted by Gasteiger charge is 2.19. The zero-order chi connectivity index (χ0) is 12.2. The highest BCUT2D eigenvalue weighted by Crippen LogP contribution is 2.26. The van der Waals surface area contributed by atoms with E-state index in [1.807, 2.05) is 11.3 Å². The molecule has 2 heteroatoms. The van der Waals surface area contributed by atoms with Gasteiger partial charge in [0.25, 0.3) is 0 Å². The van der Waals surface area contributed by atoms with E-state index in [-0.39, 0.29) is 0 Å². The fourth-order valence-corrected chi connectivity index (χ4v) is 2.94. The minimum Gasteiger partial charge on any atom is -0.314 e. The SMILES string of the molecule is CCc1ccc(CC(C)(C)CNC(C)C)s1. The number of hydrogen-bond acceptors (Lipinski definition) is 2. The van der Waals surface area contributed by atoms with Gasteiger partial charge < -0.3 is 5.32 Å². The summed E-state index contributed by atoms with van der Waals surface area (Å²) in [4.78, 5) is 3.02. The summed E-state index contributed by atoms with van der Waals surface area (Å²) in [6, 6.07) is 5.14. The Kier molecular flexibility index (Phi) is 5.00. The zero-order valence-corrected chi connectivity index (χ0v) is 12.1. The van der Waals surface area contributed by atoms with Crippen molar-refractivity contribution < 1.29 is 0 Å². The Hall–Kier alpha value is -0.340. The van der Waals surface area contributed by atoms with E-state index >= 15 is 0 Å². The lowest BCUT2D eigenvalue weighted by Crippen LogP contribution is -2.35. The van der Waals surface area contributed by atoms with Gasteiger partial charge in [-0.15, -0.1) is 11.3 Å². The van der Waals surface area contributed by atoms with Crippen molar-refractivity contribution in [2.45, 2.75) is 53.5 Å². The molecule has 0 amide bonds. The maximum atomic E-state index is 3.53. The number of thiophene rings is 1. The fourth-order valence-electron chi connectivity index (χ4n) is 1.72. The Morgan fingerprint density at radius 1 is 1.25 bits per heavy atom. The van der Waals surface area contributed by atoms with Gasteiger partial charge in [-0.1, -0.05) is 34.6 Å². The molecular formula is C14H25NS. The second kappa shape index (κ2) is 5.83. The molecule has 0 saturated carbocycles. The molecule has 0 aromatic carbocycles. The fraction of sp³-hybridized carbons (Fsp3) is 0.714. The molecule has 1 aromatic heterocycles. The van der Waals surface area contributed by atoms with Crippen LogP contribution in [0.1, 0.15) is 44.4 Å². The van der Waals surface area contributed by atoms with Gasteiger partial charge in [0.1, 0.15) is 0 Å². The molecule has 1 heterocycles. The van der Waals surface area contributed by atoms with Crippen LogP contribution in [0.25, 0.3) is 0 Å². The average molecular weight is 239 g/mol. The minimum absolute atomic E-state index is 0.347. The molecule has 1 N–H and O–H groups in total. The molecule has 0 radical (unpaired) electrons. The molecule has 92 valence electrons. The van der Waals surface area contributed by atoms with E-state index in [2.05, 4.69) is 52.1 Å². The van der Waals surface area contributed by atoms with E-state index in [0.717, 1.165) is 13.0 Å². The van der Waals surface area contributed by atoms with Gasteiger partial charge in [0, 0.05) is 22.3 Å². The molecule has 0 aliphatic heterocycles. The van der Waals surface area contributed by atoms with E-state index in [9.17, 15) is 0 Å². The first-order chi connectivity index (χ1) is 7.43. The second-order valence-electron chi connectivity index (χ2n) is 5.60. The van der Waals surface area contributed by atoms with Crippen LogP contribution in [0.2, 0.25) is 0 Å². The van der Waals surface area contributed by atoms with Crippen molar-refractivity contribution in [1.29, 1.82) is 0 Å². The predicted octanol–water partition coefficient (Wildman–Crippen LogP) is 3.88. The monoisotopic (exact) mass is 239 g/mol. The molecule has 1 nitrogen and oxygen atoms in total. The first kappa shape index (κ1) is 13.7. The molecule has 0 saturated heterocycles. The summed E-state index contributed by atoms with van der Waals surface area (Å²) >= 11 is 1.97. The topological polar surface area (TPSA) is 12.0 Å². The Morgan fingerprint density at radius 3 is 2.38 bits per heavy atom. The van der Waals surface area contributed by atoms with E-state index in [0.29, 0.717) is 11.5 Å². The maximum absolute atomic E-state index is 3.53. The highest BCUT2D eigenvalue weighted by atomic mass is 32.1. The Morgan fingerprint density at radius 2 is 1.88 bits per heavy atom. The molecule has 0 fully saturated rings. The van der Waals surface area contributed by atoms with Crippen LogP contribution in [0.3, 0.4) is 0 Å². The van der Waals surface area contributed by atoms with Crippen LogP contribution in [-0.2, 0) is 12.8 Å². The summed E-state index contributed by atoms with van der Waals surface area (Å²) in [6.07, 6.45) is 2.34. The van der Waals surface area contributed by atoms with E-state index in [4.69, 9.17) is 0 Å². The van der Waals surface area contributed by atoms with Crippen LogP contribution in [0.15, 0.2) is 12.1 Å². The zero-order valence-electron chi connectivity index (χ0n) is 11.3. The van der Waals surface area contributed by atoms with Crippen LogP contribution in [0, 0.1) is 5.41 Å². The number of nitrogens with one attached hydrogen (secondary N) is 1. The van der Waals surface area contributed by atoms with Crippen LogP contribution in [-0.4, -0.2) is 12.6 Å². The van der Waals surface area contributed by atoms with Crippen LogP contribution < -0.4 is 5.32 Å². The van der Waals surface area contributed by atoms with Gasteiger partial charge in [-0.25, -0.2) is 0 Å². The predicted molar refractivity (Wildman–Crippen MR) is 74.3 cm³/mol.